The molecule has 0 bridgehead atoms. The average Bonchev–Trinajstić information content (AvgIpc) is 3.03. The van der Waals surface area contributed by atoms with E-state index in [1.54, 1.807) is 0 Å². The van der Waals surface area contributed by atoms with E-state index in [2.05, 4.69) is 78.6 Å². The van der Waals surface area contributed by atoms with Gasteiger partial charge in [-0.15, -0.1) is 0 Å². The molecule has 1 heteroatoms. The van der Waals surface area contributed by atoms with Crippen LogP contribution >= 0.6 is 0 Å². The second kappa shape index (κ2) is 7.27. The fourth-order valence-electron chi connectivity index (χ4n) is 4.53. The summed E-state index contributed by atoms with van der Waals surface area (Å²) in [4.78, 5) is 4.75. The maximum absolute atomic E-state index is 4.75. The first-order chi connectivity index (χ1) is 15.4. The van der Waals surface area contributed by atoms with Crippen LogP contribution in [0, 0.1) is 11.8 Å². The Morgan fingerprint density at radius 2 is 1.35 bits per heavy atom. The fraction of sp³-hybridized carbons (Fsp3) is 0.0333. The van der Waals surface area contributed by atoms with E-state index >= 15 is 0 Å². The maximum atomic E-state index is 4.75. The van der Waals surface area contributed by atoms with Crippen LogP contribution < -0.4 is 0 Å². The van der Waals surface area contributed by atoms with E-state index in [9.17, 15) is 0 Å². The zero-order chi connectivity index (χ0) is 20.6. The molecule has 0 atom stereocenters. The second-order valence-electron chi connectivity index (χ2n) is 7.84. The van der Waals surface area contributed by atoms with Crippen molar-refractivity contribution in [2.45, 2.75) is 6.54 Å². The molecule has 1 aliphatic heterocycles. The summed E-state index contributed by atoms with van der Waals surface area (Å²) in [6.07, 6.45) is 2.02. The van der Waals surface area contributed by atoms with Gasteiger partial charge < -0.3 is 0 Å². The van der Waals surface area contributed by atoms with Crippen molar-refractivity contribution in [2.75, 3.05) is 0 Å². The summed E-state index contributed by atoms with van der Waals surface area (Å²) in [5.41, 5.74) is 7.03. The first-order valence-corrected chi connectivity index (χ1v) is 10.5. The van der Waals surface area contributed by atoms with Gasteiger partial charge in [-0.1, -0.05) is 90.7 Å². The van der Waals surface area contributed by atoms with Crippen molar-refractivity contribution in [3.8, 4) is 23.0 Å². The molecule has 0 spiro atoms. The van der Waals surface area contributed by atoms with Gasteiger partial charge in [-0.3, -0.25) is 4.99 Å². The quantitative estimate of drug-likeness (QED) is 0.251. The van der Waals surface area contributed by atoms with E-state index in [0.717, 1.165) is 11.1 Å². The highest BCUT2D eigenvalue weighted by atomic mass is 14.7. The molecule has 0 amide bonds. The Morgan fingerprint density at radius 3 is 2.23 bits per heavy atom. The Hall–Kier alpha value is -4.15. The van der Waals surface area contributed by atoms with Crippen LogP contribution in [0.25, 0.3) is 32.7 Å². The minimum absolute atomic E-state index is 0.656. The molecule has 0 saturated heterocycles. The standard InChI is InChI=1S/C30H19N/c1-2-8-21(9-3-1)14-15-23-18-25-20-31-19-24-17-16-22-10-4-5-12-27(22)29(24)30(25)28-13-7-6-11-26(23)28/h1-13,16-19H,20H2. The molecule has 1 heterocycles. The summed E-state index contributed by atoms with van der Waals surface area (Å²) >= 11 is 0. The molecule has 0 unspecified atom stereocenters. The molecule has 0 N–H and O–H groups in total. The Kier molecular flexibility index (Phi) is 4.15. The van der Waals surface area contributed by atoms with Crippen molar-refractivity contribution >= 4 is 27.8 Å². The lowest BCUT2D eigenvalue weighted by Crippen LogP contribution is -1.95. The Morgan fingerprint density at radius 1 is 0.613 bits per heavy atom. The zero-order valence-corrected chi connectivity index (χ0v) is 17.0. The normalized spacial score (nSPS) is 12.0. The Balaban J connectivity index is 1.68. The first kappa shape index (κ1) is 17.7. The van der Waals surface area contributed by atoms with Gasteiger partial charge in [0.15, 0.2) is 0 Å². The fourth-order valence-corrected chi connectivity index (χ4v) is 4.53. The highest BCUT2D eigenvalue weighted by Crippen LogP contribution is 2.41. The molecular formula is C30H19N. The van der Waals surface area contributed by atoms with Crippen molar-refractivity contribution < 1.29 is 0 Å². The predicted octanol–water partition coefficient (Wildman–Crippen LogP) is 6.99. The molecular weight excluding hydrogens is 374 g/mol. The number of hydrogen-bond acceptors (Lipinski definition) is 1. The molecule has 31 heavy (non-hydrogen) atoms. The van der Waals surface area contributed by atoms with E-state index in [1.807, 2.05) is 36.5 Å². The summed E-state index contributed by atoms with van der Waals surface area (Å²) in [5, 5.41) is 4.94. The summed E-state index contributed by atoms with van der Waals surface area (Å²) < 4.78 is 0. The van der Waals surface area contributed by atoms with Crippen LogP contribution in [-0.2, 0) is 6.54 Å². The molecule has 0 radical (unpaired) electrons. The molecule has 0 saturated carbocycles. The van der Waals surface area contributed by atoms with E-state index in [0.29, 0.717) is 6.54 Å². The van der Waals surface area contributed by atoms with Crippen molar-refractivity contribution in [3.63, 3.8) is 0 Å². The maximum Gasteiger partial charge on any atom is 0.0646 e. The number of nitrogens with zero attached hydrogens (tertiary/aromatic N) is 1. The largest absolute Gasteiger partial charge is 0.288 e. The number of hydrogen-bond donors (Lipinski definition) is 0. The summed E-state index contributed by atoms with van der Waals surface area (Å²) in [6, 6.07) is 34.0. The number of rotatable bonds is 0. The molecule has 0 aromatic heterocycles. The van der Waals surface area contributed by atoms with Crippen LogP contribution in [0.1, 0.15) is 22.3 Å². The molecule has 0 fully saturated rings. The van der Waals surface area contributed by atoms with Gasteiger partial charge in [0.2, 0.25) is 0 Å². The smallest absolute Gasteiger partial charge is 0.0646 e. The summed E-state index contributed by atoms with van der Waals surface area (Å²) in [6.45, 7) is 0.656. The number of fused-ring (bicyclic) bond motifs is 7. The van der Waals surface area contributed by atoms with Gasteiger partial charge in [0.05, 0.1) is 6.54 Å². The number of benzene rings is 5. The summed E-state index contributed by atoms with van der Waals surface area (Å²) in [7, 11) is 0. The molecule has 5 aromatic rings. The van der Waals surface area contributed by atoms with E-state index in [-0.39, 0.29) is 0 Å². The van der Waals surface area contributed by atoms with E-state index < -0.39 is 0 Å². The van der Waals surface area contributed by atoms with Gasteiger partial charge in [-0.2, -0.15) is 0 Å². The highest BCUT2D eigenvalue weighted by Gasteiger charge is 2.19. The minimum atomic E-state index is 0.656. The predicted molar refractivity (Wildman–Crippen MR) is 131 cm³/mol. The Labute approximate surface area is 181 Å². The van der Waals surface area contributed by atoms with Crippen LogP contribution in [0.3, 0.4) is 0 Å². The third-order valence-electron chi connectivity index (χ3n) is 5.94. The molecule has 6 rings (SSSR count). The first-order valence-electron chi connectivity index (χ1n) is 10.5. The zero-order valence-electron chi connectivity index (χ0n) is 17.0. The van der Waals surface area contributed by atoms with Gasteiger partial charge in [0.25, 0.3) is 0 Å². The number of aliphatic imine (C=N–C) groups is 1. The monoisotopic (exact) mass is 393 g/mol. The van der Waals surface area contributed by atoms with Crippen molar-refractivity contribution in [1.29, 1.82) is 0 Å². The van der Waals surface area contributed by atoms with Crippen LogP contribution in [0.4, 0.5) is 0 Å². The van der Waals surface area contributed by atoms with E-state index in [4.69, 9.17) is 4.99 Å². The van der Waals surface area contributed by atoms with E-state index in [1.165, 1.54) is 43.8 Å². The molecule has 0 aliphatic carbocycles. The average molecular weight is 393 g/mol. The lowest BCUT2D eigenvalue weighted by Gasteiger charge is -2.16. The van der Waals surface area contributed by atoms with Gasteiger partial charge in [0.1, 0.15) is 0 Å². The van der Waals surface area contributed by atoms with Crippen LogP contribution in [0.15, 0.2) is 102 Å². The van der Waals surface area contributed by atoms with Crippen LogP contribution in [0.2, 0.25) is 0 Å². The topological polar surface area (TPSA) is 12.4 Å². The lowest BCUT2D eigenvalue weighted by molar-refractivity contribution is 1.09. The highest BCUT2D eigenvalue weighted by molar-refractivity contribution is 6.13. The van der Waals surface area contributed by atoms with Gasteiger partial charge in [0, 0.05) is 22.9 Å². The second-order valence-corrected chi connectivity index (χ2v) is 7.84. The third-order valence-corrected chi connectivity index (χ3v) is 5.94. The van der Waals surface area contributed by atoms with Gasteiger partial charge in [-0.25, -0.2) is 0 Å². The van der Waals surface area contributed by atoms with Crippen molar-refractivity contribution in [1.82, 2.24) is 0 Å². The molecule has 1 nitrogen and oxygen atoms in total. The van der Waals surface area contributed by atoms with Crippen molar-refractivity contribution in [3.05, 3.63) is 119 Å². The molecule has 144 valence electrons. The van der Waals surface area contributed by atoms with Crippen LogP contribution in [-0.4, -0.2) is 6.21 Å². The third kappa shape index (κ3) is 3.01. The minimum Gasteiger partial charge on any atom is -0.288 e. The SMILES string of the molecule is C(#Cc1cc2c(c3ccccc13)-c1c(ccc3ccccc13)C=NC2)c1ccccc1. The van der Waals surface area contributed by atoms with Crippen molar-refractivity contribution in [2.24, 2.45) is 4.99 Å². The van der Waals surface area contributed by atoms with Gasteiger partial charge in [-0.05, 0) is 56.4 Å². The van der Waals surface area contributed by atoms with Crippen LogP contribution in [0.5, 0.6) is 0 Å². The molecule has 5 aromatic carbocycles. The van der Waals surface area contributed by atoms with Gasteiger partial charge >= 0.3 is 0 Å². The molecule has 1 aliphatic rings. The Bertz CT molecular complexity index is 1550. The summed E-state index contributed by atoms with van der Waals surface area (Å²) in [5.74, 6) is 6.77. The lowest BCUT2D eigenvalue weighted by atomic mass is 9.86.